The summed E-state index contributed by atoms with van der Waals surface area (Å²) in [7, 11) is 1.62. The van der Waals surface area contributed by atoms with Crippen LogP contribution in [0.1, 0.15) is 12.5 Å². The molecule has 1 aromatic heterocycles. The van der Waals surface area contributed by atoms with E-state index in [9.17, 15) is 9.59 Å². The van der Waals surface area contributed by atoms with Crippen LogP contribution in [-0.4, -0.2) is 29.0 Å². The van der Waals surface area contributed by atoms with Crippen molar-refractivity contribution in [2.45, 2.75) is 6.92 Å². The van der Waals surface area contributed by atoms with Crippen LogP contribution in [0.5, 0.6) is 0 Å². The summed E-state index contributed by atoms with van der Waals surface area (Å²) in [6.45, 7) is 1.44. The van der Waals surface area contributed by atoms with Crippen molar-refractivity contribution in [2.24, 2.45) is 0 Å². The quantitative estimate of drug-likeness (QED) is 0.776. The van der Waals surface area contributed by atoms with Crippen molar-refractivity contribution in [3.8, 4) is 0 Å². The summed E-state index contributed by atoms with van der Waals surface area (Å²) >= 11 is 0. The molecule has 1 heterocycles. The number of aromatic nitrogens is 1. The predicted octanol–water partition coefficient (Wildman–Crippen LogP) is 1.16. The number of carboxylic acid groups (broad SMARTS) is 1. The first-order chi connectivity index (χ1) is 7.50. The molecule has 0 fully saturated rings. The van der Waals surface area contributed by atoms with Gasteiger partial charge in [-0.15, -0.1) is 0 Å². The first-order valence-electron chi connectivity index (χ1n) is 4.62. The van der Waals surface area contributed by atoms with Gasteiger partial charge in [-0.3, -0.25) is 4.79 Å². The third-order valence-corrected chi connectivity index (χ3v) is 2.01. The van der Waals surface area contributed by atoms with Gasteiger partial charge in [0.2, 0.25) is 5.91 Å². The Hall–Kier alpha value is -2.17. The number of hydrogen-bond donors (Lipinski definition) is 1. The maximum atomic E-state index is 11.0. The van der Waals surface area contributed by atoms with E-state index in [1.165, 1.54) is 24.1 Å². The second-order valence-corrected chi connectivity index (χ2v) is 3.20. The van der Waals surface area contributed by atoms with Crippen LogP contribution in [0.3, 0.4) is 0 Å². The Bertz CT molecular complexity index is 423. The number of amides is 1. The zero-order chi connectivity index (χ0) is 12.1. The highest BCUT2D eigenvalue weighted by Gasteiger charge is 2.05. The van der Waals surface area contributed by atoms with E-state index in [1.807, 2.05) is 0 Å². The van der Waals surface area contributed by atoms with Gasteiger partial charge in [-0.25, -0.2) is 9.78 Å². The molecule has 0 saturated carbocycles. The van der Waals surface area contributed by atoms with E-state index in [-0.39, 0.29) is 5.91 Å². The van der Waals surface area contributed by atoms with Crippen molar-refractivity contribution >= 4 is 23.8 Å². The summed E-state index contributed by atoms with van der Waals surface area (Å²) in [6, 6.07) is 3.35. The van der Waals surface area contributed by atoms with E-state index in [1.54, 1.807) is 19.2 Å². The molecule has 0 radical (unpaired) electrons. The van der Waals surface area contributed by atoms with Crippen molar-refractivity contribution in [2.75, 3.05) is 11.9 Å². The topological polar surface area (TPSA) is 70.5 Å². The van der Waals surface area contributed by atoms with Gasteiger partial charge in [-0.2, -0.15) is 0 Å². The van der Waals surface area contributed by atoms with Crippen LogP contribution in [0.4, 0.5) is 5.82 Å². The Kier molecular flexibility index (Phi) is 3.77. The van der Waals surface area contributed by atoms with Crippen LogP contribution in [0, 0.1) is 0 Å². The molecule has 5 heteroatoms. The first kappa shape index (κ1) is 11.9. The summed E-state index contributed by atoms with van der Waals surface area (Å²) in [5.74, 6) is -0.591. The minimum Gasteiger partial charge on any atom is -0.478 e. The molecule has 5 nitrogen and oxygen atoms in total. The fourth-order valence-electron chi connectivity index (χ4n) is 1.02. The SMILES string of the molecule is CC(=O)N(C)c1ccc(/C=C/C(=O)O)cn1. The molecule has 0 aromatic carbocycles. The van der Waals surface area contributed by atoms with Gasteiger partial charge in [0, 0.05) is 26.2 Å². The fourth-order valence-corrected chi connectivity index (χ4v) is 1.02. The lowest BCUT2D eigenvalue weighted by Crippen LogP contribution is -2.23. The molecule has 0 spiro atoms. The van der Waals surface area contributed by atoms with E-state index in [2.05, 4.69) is 4.98 Å². The number of carboxylic acids is 1. The highest BCUT2D eigenvalue weighted by atomic mass is 16.4. The molecule has 1 N–H and O–H groups in total. The number of carbonyl (C=O) groups is 2. The lowest BCUT2D eigenvalue weighted by atomic mass is 10.2. The maximum Gasteiger partial charge on any atom is 0.328 e. The molecule has 0 aliphatic heterocycles. The highest BCUT2D eigenvalue weighted by molar-refractivity contribution is 5.90. The van der Waals surface area contributed by atoms with Crippen molar-refractivity contribution < 1.29 is 14.7 Å². The van der Waals surface area contributed by atoms with E-state index >= 15 is 0 Å². The molecule has 84 valence electrons. The number of carbonyl (C=O) groups excluding carboxylic acids is 1. The van der Waals surface area contributed by atoms with E-state index < -0.39 is 5.97 Å². The molecule has 0 aliphatic carbocycles. The minimum atomic E-state index is -1.01. The normalized spacial score (nSPS) is 10.4. The third kappa shape index (κ3) is 3.20. The second-order valence-electron chi connectivity index (χ2n) is 3.20. The van der Waals surface area contributed by atoms with E-state index in [0.29, 0.717) is 11.4 Å². The van der Waals surface area contributed by atoms with Crippen LogP contribution in [0.25, 0.3) is 6.08 Å². The Morgan fingerprint density at radius 2 is 2.12 bits per heavy atom. The third-order valence-electron chi connectivity index (χ3n) is 2.01. The first-order valence-corrected chi connectivity index (χ1v) is 4.62. The molecule has 0 bridgehead atoms. The lowest BCUT2D eigenvalue weighted by molar-refractivity contribution is -0.131. The smallest absolute Gasteiger partial charge is 0.328 e. The summed E-state index contributed by atoms with van der Waals surface area (Å²) in [5.41, 5.74) is 0.670. The van der Waals surface area contributed by atoms with Crippen LogP contribution >= 0.6 is 0 Å². The molecule has 0 atom stereocenters. The van der Waals surface area contributed by atoms with Crippen LogP contribution < -0.4 is 4.90 Å². The van der Waals surface area contributed by atoms with Gasteiger partial charge in [0.05, 0.1) is 0 Å². The number of hydrogen-bond acceptors (Lipinski definition) is 3. The fraction of sp³-hybridized carbons (Fsp3) is 0.182. The zero-order valence-corrected chi connectivity index (χ0v) is 9.04. The van der Waals surface area contributed by atoms with Crippen LogP contribution in [0.2, 0.25) is 0 Å². The van der Waals surface area contributed by atoms with E-state index in [0.717, 1.165) is 6.08 Å². The minimum absolute atomic E-state index is 0.110. The maximum absolute atomic E-state index is 11.0. The Balaban J connectivity index is 2.83. The lowest BCUT2D eigenvalue weighted by Gasteiger charge is -2.13. The van der Waals surface area contributed by atoms with Crippen LogP contribution in [0.15, 0.2) is 24.4 Å². The number of aliphatic carboxylic acids is 1. The number of nitrogens with zero attached hydrogens (tertiary/aromatic N) is 2. The van der Waals surface area contributed by atoms with Crippen LogP contribution in [-0.2, 0) is 9.59 Å². The predicted molar refractivity (Wildman–Crippen MR) is 60.0 cm³/mol. The summed E-state index contributed by atoms with van der Waals surface area (Å²) in [6.07, 6.45) is 3.98. The van der Waals surface area contributed by atoms with Gasteiger partial charge >= 0.3 is 5.97 Å². The molecule has 0 aliphatic rings. The average molecular weight is 220 g/mol. The second kappa shape index (κ2) is 5.06. The Labute approximate surface area is 93.0 Å². The summed E-state index contributed by atoms with van der Waals surface area (Å²) in [5, 5.41) is 8.43. The molecule has 1 aromatic rings. The Morgan fingerprint density at radius 3 is 2.56 bits per heavy atom. The number of anilines is 1. The van der Waals surface area contributed by atoms with Gasteiger partial charge in [-0.05, 0) is 23.8 Å². The van der Waals surface area contributed by atoms with Gasteiger partial charge in [0.1, 0.15) is 5.82 Å². The summed E-state index contributed by atoms with van der Waals surface area (Å²) < 4.78 is 0. The van der Waals surface area contributed by atoms with Gasteiger partial charge < -0.3 is 10.0 Å². The van der Waals surface area contributed by atoms with Gasteiger partial charge in [0.15, 0.2) is 0 Å². The molecular formula is C11H12N2O3. The molecule has 1 amide bonds. The largest absolute Gasteiger partial charge is 0.478 e. The molecule has 0 unspecified atom stereocenters. The van der Waals surface area contributed by atoms with Crippen molar-refractivity contribution in [3.63, 3.8) is 0 Å². The molecular weight excluding hydrogens is 208 g/mol. The number of pyridine rings is 1. The average Bonchev–Trinajstić information content (AvgIpc) is 2.26. The van der Waals surface area contributed by atoms with Gasteiger partial charge in [-0.1, -0.05) is 0 Å². The Morgan fingerprint density at radius 1 is 1.44 bits per heavy atom. The molecule has 0 saturated heterocycles. The van der Waals surface area contributed by atoms with E-state index in [4.69, 9.17) is 5.11 Å². The highest BCUT2D eigenvalue weighted by Crippen LogP contribution is 2.10. The van der Waals surface area contributed by atoms with Crippen molar-refractivity contribution in [3.05, 3.63) is 30.0 Å². The molecule has 1 rings (SSSR count). The molecule has 16 heavy (non-hydrogen) atoms. The standard InChI is InChI=1S/C11H12N2O3/c1-8(14)13(2)10-5-3-9(7-12-10)4-6-11(15)16/h3-7H,1-2H3,(H,15,16)/b6-4+. The number of rotatable bonds is 3. The summed E-state index contributed by atoms with van der Waals surface area (Å²) in [4.78, 5) is 26.8. The monoisotopic (exact) mass is 220 g/mol. The zero-order valence-electron chi connectivity index (χ0n) is 9.04. The van der Waals surface area contributed by atoms with Gasteiger partial charge in [0.25, 0.3) is 0 Å². The van der Waals surface area contributed by atoms with Crippen molar-refractivity contribution in [1.29, 1.82) is 0 Å². The van der Waals surface area contributed by atoms with Crippen molar-refractivity contribution in [1.82, 2.24) is 4.98 Å².